The van der Waals surface area contributed by atoms with E-state index in [1.54, 1.807) is 20.3 Å². The number of aromatic nitrogens is 2. The summed E-state index contributed by atoms with van der Waals surface area (Å²) in [6.45, 7) is 8.73. The molecule has 210 valence electrons. The van der Waals surface area contributed by atoms with Gasteiger partial charge in [0.25, 0.3) is 5.91 Å². The predicted molar refractivity (Wildman–Crippen MR) is 145 cm³/mol. The van der Waals surface area contributed by atoms with Crippen LogP contribution in [0.5, 0.6) is 11.5 Å². The van der Waals surface area contributed by atoms with E-state index in [1.807, 2.05) is 36.7 Å². The highest BCUT2D eigenvalue weighted by Gasteiger charge is 2.26. The molecule has 10 heteroatoms. The molecule has 0 spiro atoms. The maximum atomic E-state index is 13.4. The van der Waals surface area contributed by atoms with Crippen LogP contribution in [0.1, 0.15) is 57.4 Å². The molecule has 0 aliphatic heterocycles. The number of hydrogen-bond donors (Lipinski definition) is 1. The Balaban J connectivity index is 2.39. The molecule has 0 aliphatic rings. The molecule has 10 nitrogen and oxygen atoms in total. The van der Waals surface area contributed by atoms with E-state index in [9.17, 15) is 14.4 Å². The zero-order valence-corrected chi connectivity index (χ0v) is 23.9. The largest absolute Gasteiger partial charge is 0.496 e. The van der Waals surface area contributed by atoms with Crippen molar-refractivity contribution in [3.8, 4) is 22.8 Å². The first kappa shape index (κ1) is 30.7. The summed E-state index contributed by atoms with van der Waals surface area (Å²) in [5.41, 5.74) is 1.66. The molecule has 1 aromatic heterocycles. The smallest absolute Gasteiger partial charge is 0.325 e. The number of nitrogens with one attached hydrogen (secondary N) is 1. The van der Waals surface area contributed by atoms with Crippen molar-refractivity contribution in [1.29, 1.82) is 0 Å². The van der Waals surface area contributed by atoms with Gasteiger partial charge < -0.3 is 24.4 Å². The Hall–Kier alpha value is -3.56. The Labute approximate surface area is 225 Å². The molecule has 0 radical (unpaired) electrons. The number of methoxy groups -OCH3 is 3. The Kier molecular flexibility index (Phi) is 11.6. The fourth-order valence-electron chi connectivity index (χ4n) is 4.13. The monoisotopic (exact) mass is 530 g/mol. The number of carbonyl (C=O) groups excluding carboxylic acids is 3. The number of nitrogens with zero attached hydrogens (tertiary/aromatic N) is 3. The van der Waals surface area contributed by atoms with Crippen molar-refractivity contribution in [3.05, 3.63) is 30.0 Å². The van der Waals surface area contributed by atoms with Gasteiger partial charge in [-0.1, -0.05) is 40.2 Å². The lowest BCUT2D eigenvalue weighted by atomic mass is 10.00. The average molecular weight is 531 g/mol. The molecule has 1 N–H and O–H groups in total. The first-order valence-corrected chi connectivity index (χ1v) is 12.9. The van der Waals surface area contributed by atoms with E-state index in [2.05, 4.69) is 29.0 Å². The van der Waals surface area contributed by atoms with Gasteiger partial charge in [-0.2, -0.15) is 5.10 Å². The number of ether oxygens (including phenoxy) is 3. The number of hydrogen-bond acceptors (Lipinski definition) is 7. The molecule has 0 fully saturated rings. The average Bonchev–Trinajstić information content (AvgIpc) is 3.30. The van der Waals surface area contributed by atoms with E-state index in [0.717, 1.165) is 6.42 Å². The van der Waals surface area contributed by atoms with Crippen LogP contribution >= 0.6 is 0 Å². The van der Waals surface area contributed by atoms with Gasteiger partial charge in [-0.3, -0.25) is 19.1 Å². The van der Waals surface area contributed by atoms with Crippen LogP contribution < -0.4 is 14.8 Å². The zero-order chi connectivity index (χ0) is 28.4. The summed E-state index contributed by atoms with van der Waals surface area (Å²) in [6.07, 6.45) is 1.59. The van der Waals surface area contributed by atoms with Gasteiger partial charge in [0.2, 0.25) is 5.91 Å². The van der Waals surface area contributed by atoms with Crippen LogP contribution in [0.2, 0.25) is 0 Å². The Morgan fingerprint density at radius 2 is 1.71 bits per heavy atom. The molecule has 2 rings (SSSR count). The lowest BCUT2D eigenvalue weighted by molar-refractivity contribution is -0.146. The summed E-state index contributed by atoms with van der Waals surface area (Å²) in [7, 11) is 5.99. The first-order chi connectivity index (χ1) is 18.0. The highest BCUT2D eigenvalue weighted by atomic mass is 16.5. The van der Waals surface area contributed by atoms with E-state index in [-0.39, 0.29) is 36.4 Å². The van der Waals surface area contributed by atoms with Crippen LogP contribution in [0.4, 0.5) is 0 Å². The van der Waals surface area contributed by atoms with Crippen LogP contribution in [0.25, 0.3) is 11.3 Å². The van der Waals surface area contributed by atoms with Gasteiger partial charge in [0.05, 0.1) is 32.6 Å². The molecule has 0 saturated heterocycles. The minimum Gasteiger partial charge on any atom is -0.496 e. The predicted octanol–water partition coefficient (Wildman–Crippen LogP) is 3.78. The number of carbonyl (C=O) groups is 3. The number of esters is 1. The molecule has 0 saturated carbocycles. The first-order valence-electron chi connectivity index (χ1n) is 12.9. The molecule has 0 aliphatic carbocycles. The van der Waals surface area contributed by atoms with Crippen molar-refractivity contribution in [1.82, 2.24) is 20.0 Å². The van der Waals surface area contributed by atoms with E-state index >= 15 is 0 Å². The molecule has 1 aromatic carbocycles. The molecule has 1 unspecified atom stereocenters. The second-order valence-corrected chi connectivity index (χ2v) is 9.98. The SMILES string of the molecule is CCC(C)Cn1nc(C(=O)N[C@H](CC(=O)N(C)CC(=O)OC)CC(C)C)cc1-c1c(OC)cccc1OC. The lowest BCUT2D eigenvalue weighted by Gasteiger charge is -2.23. The number of amides is 2. The molecule has 2 atom stereocenters. The van der Waals surface area contributed by atoms with Crippen LogP contribution in [0, 0.1) is 11.8 Å². The Bertz CT molecular complexity index is 1070. The standard InChI is InChI=1S/C28H42N4O6/c1-9-19(4)16-32-22(27-23(36-6)11-10-12-24(27)37-7)15-21(30-32)28(35)29-20(13-18(2)3)14-25(33)31(5)17-26(34)38-8/h10-12,15,18-20H,9,13-14,16-17H2,1-8H3,(H,29,35)/t19?,20-/m0/s1. The molecule has 1 heterocycles. The van der Waals surface area contributed by atoms with E-state index < -0.39 is 12.0 Å². The van der Waals surface area contributed by atoms with E-state index in [4.69, 9.17) is 9.47 Å². The Morgan fingerprint density at radius 1 is 1.08 bits per heavy atom. The minimum absolute atomic E-state index is 0.0537. The van der Waals surface area contributed by atoms with Crippen molar-refractivity contribution >= 4 is 17.8 Å². The second kappa shape index (κ2) is 14.4. The molecule has 38 heavy (non-hydrogen) atoms. The number of rotatable bonds is 14. The normalized spacial score (nSPS) is 12.6. The molecule has 2 amide bonds. The summed E-state index contributed by atoms with van der Waals surface area (Å²) < 4.78 is 17.7. The number of benzene rings is 1. The van der Waals surface area contributed by atoms with Crippen LogP contribution in [0.3, 0.4) is 0 Å². The van der Waals surface area contributed by atoms with E-state index in [0.29, 0.717) is 41.6 Å². The molecular formula is C28H42N4O6. The summed E-state index contributed by atoms with van der Waals surface area (Å²) in [5.74, 6) is 0.631. The van der Waals surface area contributed by atoms with Gasteiger partial charge in [0, 0.05) is 26.1 Å². The van der Waals surface area contributed by atoms with Gasteiger partial charge in [-0.15, -0.1) is 0 Å². The van der Waals surface area contributed by atoms with Crippen molar-refractivity contribution in [3.63, 3.8) is 0 Å². The van der Waals surface area contributed by atoms with Crippen molar-refractivity contribution in [2.45, 2.75) is 59.5 Å². The fraction of sp³-hybridized carbons (Fsp3) is 0.571. The topological polar surface area (TPSA) is 112 Å². The van der Waals surface area contributed by atoms with Gasteiger partial charge in [-0.05, 0) is 36.5 Å². The lowest BCUT2D eigenvalue weighted by Crippen LogP contribution is -2.41. The maximum Gasteiger partial charge on any atom is 0.325 e. The maximum absolute atomic E-state index is 13.4. The molecule has 2 aromatic rings. The minimum atomic E-state index is -0.503. The van der Waals surface area contributed by atoms with Gasteiger partial charge >= 0.3 is 5.97 Å². The quantitative estimate of drug-likeness (QED) is 0.370. The third kappa shape index (κ3) is 8.22. The third-order valence-electron chi connectivity index (χ3n) is 6.41. The number of likely N-dealkylation sites (N-methyl/N-ethyl adjacent to an activating group) is 1. The zero-order valence-electron chi connectivity index (χ0n) is 23.9. The van der Waals surface area contributed by atoms with Crippen LogP contribution in [0.15, 0.2) is 24.3 Å². The van der Waals surface area contributed by atoms with Gasteiger partial charge in [0.15, 0.2) is 5.69 Å². The Morgan fingerprint density at radius 3 is 2.24 bits per heavy atom. The van der Waals surface area contributed by atoms with Gasteiger partial charge in [-0.25, -0.2) is 0 Å². The van der Waals surface area contributed by atoms with Crippen molar-refractivity contribution < 1.29 is 28.6 Å². The molecule has 0 bridgehead atoms. The summed E-state index contributed by atoms with van der Waals surface area (Å²) in [6, 6.07) is 6.82. The van der Waals surface area contributed by atoms with E-state index in [1.165, 1.54) is 19.1 Å². The fourth-order valence-corrected chi connectivity index (χ4v) is 4.13. The van der Waals surface area contributed by atoms with Crippen molar-refractivity contribution in [2.24, 2.45) is 11.8 Å². The third-order valence-corrected chi connectivity index (χ3v) is 6.41. The molecular weight excluding hydrogens is 488 g/mol. The summed E-state index contributed by atoms with van der Waals surface area (Å²) >= 11 is 0. The summed E-state index contributed by atoms with van der Waals surface area (Å²) in [5, 5.41) is 7.65. The van der Waals surface area contributed by atoms with Crippen LogP contribution in [-0.4, -0.2) is 73.4 Å². The van der Waals surface area contributed by atoms with Crippen molar-refractivity contribution in [2.75, 3.05) is 34.9 Å². The van der Waals surface area contributed by atoms with Gasteiger partial charge in [0.1, 0.15) is 18.0 Å². The highest BCUT2D eigenvalue weighted by molar-refractivity contribution is 5.94. The highest BCUT2D eigenvalue weighted by Crippen LogP contribution is 2.39. The van der Waals surface area contributed by atoms with Crippen LogP contribution in [-0.2, 0) is 20.9 Å². The summed E-state index contributed by atoms with van der Waals surface area (Å²) in [4.78, 5) is 39.1. The second-order valence-electron chi connectivity index (χ2n) is 9.98.